The number of nitrogens with one attached hydrogen (secondary N) is 1. The van der Waals surface area contributed by atoms with Gasteiger partial charge in [0.1, 0.15) is 11.6 Å². The lowest BCUT2D eigenvalue weighted by atomic mass is 10.3. The van der Waals surface area contributed by atoms with E-state index in [4.69, 9.17) is 4.74 Å². The molecule has 0 saturated heterocycles. The van der Waals surface area contributed by atoms with E-state index < -0.39 is 5.82 Å². The fraction of sp³-hybridized carbons (Fsp3) is 0.0833. The van der Waals surface area contributed by atoms with Gasteiger partial charge in [0.15, 0.2) is 0 Å². The molecule has 0 unspecified atom stereocenters. The van der Waals surface area contributed by atoms with Crippen molar-refractivity contribution in [3.8, 4) is 5.75 Å². The van der Waals surface area contributed by atoms with E-state index >= 15 is 0 Å². The monoisotopic (exact) mass is 329 g/mol. The smallest absolute Gasteiger partial charge is 0.265 e. The first-order chi connectivity index (χ1) is 8.60. The molecule has 1 aromatic heterocycles. The molecule has 0 aliphatic carbocycles. The van der Waals surface area contributed by atoms with Crippen LogP contribution in [0.5, 0.6) is 5.75 Å². The Bertz CT molecular complexity index is 585. The Balaban J connectivity index is 2.18. The highest BCUT2D eigenvalue weighted by atomic mass is 79.9. The molecule has 0 radical (unpaired) electrons. The number of hydrogen-bond donors (Lipinski definition) is 1. The van der Waals surface area contributed by atoms with Crippen molar-refractivity contribution < 1.29 is 13.9 Å². The molecular formula is C12H9BrFNO2S. The topological polar surface area (TPSA) is 38.3 Å². The highest BCUT2D eigenvalue weighted by molar-refractivity contribution is 9.10. The lowest BCUT2D eigenvalue weighted by molar-refractivity contribution is 0.103. The zero-order valence-electron chi connectivity index (χ0n) is 9.37. The van der Waals surface area contributed by atoms with E-state index in [1.54, 1.807) is 17.5 Å². The molecule has 2 aromatic rings. The third-order valence-corrected chi connectivity index (χ3v) is 3.81. The number of amides is 1. The minimum atomic E-state index is -0.405. The Hall–Kier alpha value is -1.40. The van der Waals surface area contributed by atoms with Crippen LogP contribution < -0.4 is 10.1 Å². The number of halogens is 2. The average molecular weight is 330 g/mol. The van der Waals surface area contributed by atoms with Gasteiger partial charge in [-0.15, -0.1) is 11.3 Å². The lowest BCUT2D eigenvalue weighted by Gasteiger charge is -2.05. The molecule has 0 aliphatic heterocycles. The van der Waals surface area contributed by atoms with Gasteiger partial charge in [-0.3, -0.25) is 4.79 Å². The summed E-state index contributed by atoms with van der Waals surface area (Å²) in [6.07, 6.45) is 0. The van der Waals surface area contributed by atoms with Gasteiger partial charge in [-0.2, -0.15) is 0 Å². The summed E-state index contributed by atoms with van der Waals surface area (Å²) in [5.74, 6) is -0.0738. The summed E-state index contributed by atoms with van der Waals surface area (Å²) in [6.45, 7) is 0. The fourth-order valence-corrected chi connectivity index (χ4v) is 2.42. The zero-order valence-corrected chi connectivity index (χ0v) is 11.8. The molecule has 0 atom stereocenters. The van der Waals surface area contributed by atoms with Crippen LogP contribution in [-0.4, -0.2) is 13.0 Å². The Labute approximate surface area is 116 Å². The lowest BCUT2D eigenvalue weighted by Crippen LogP contribution is -2.10. The largest absolute Gasteiger partial charge is 0.496 e. The van der Waals surface area contributed by atoms with Gasteiger partial charge in [-0.25, -0.2) is 4.39 Å². The summed E-state index contributed by atoms with van der Waals surface area (Å²) in [4.78, 5) is 12.4. The summed E-state index contributed by atoms with van der Waals surface area (Å²) in [5.41, 5.74) is 0.396. The van der Waals surface area contributed by atoms with Crippen molar-refractivity contribution in [2.24, 2.45) is 0 Å². The minimum Gasteiger partial charge on any atom is -0.496 e. The molecule has 0 aliphatic rings. The van der Waals surface area contributed by atoms with Crippen LogP contribution in [0.4, 0.5) is 10.1 Å². The maximum Gasteiger partial charge on any atom is 0.265 e. The summed E-state index contributed by atoms with van der Waals surface area (Å²) < 4.78 is 18.7. The fourth-order valence-electron chi connectivity index (χ4n) is 1.32. The van der Waals surface area contributed by atoms with Crippen molar-refractivity contribution in [1.82, 2.24) is 0 Å². The molecule has 94 valence electrons. The summed E-state index contributed by atoms with van der Waals surface area (Å²) >= 11 is 4.51. The van der Waals surface area contributed by atoms with Crippen LogP contribution in [-0.2, 0) is 0 Å². The van der Waals surface area contributed by atoms with Gasteiger partial charge < -0.3 is 10.1 Å². The Kier molecular flexibility index (Phi) is 3.98. The molecule has 3 nitrogen and oxygen atoms in total. The van der Waals surface area contributed by atoms with E-state index in [0.29, 0.717) is 20.8 Å². The van der Waals surface area contributed by atoms with E-state index in [1.165, 1.54) is 30.6 Å². The van der Waals surface area contributed by atoms with Crippen LogP contribution in [0.2, 0.25) is 0 Å². The van der Waals surface area contributed by atoms with Gasteiger partial charge in [-0.05, 0) is 34.1 Å². The van der Waals surface area contributed by atoms with Crippen LogP contribution in [0.3, 0.4) is 0 Å². The van der Waals surface area contributed by atoms with E-state index in [9.17, 15) is 9.18 Å². The zero-order chi connectivity index (χ0) is 13.1. The molecule has 1 heterocycles. The molecule has 1 aromatic carbocycles. The number of rotatable bonds is 3. The van der Waals surface area contributed by atoms with Crippen molar-refractivity contribution in [3.05, 3.63) is 44.8 Å². The number of carbonyl (C=O) groups excluding carboxylic acids is 1. The van der Waals surface area contributed by atoms with Crippen molar-refractivity contribution in [1.29, 1.82) is 0 Å². The third kappa shape index (κ3) is 2.88. The van der Waals surface area contributed by atoms with E-state index in [-0.39, 0.29) is 5.91 Å². The first kappa shape index (κ1) is 13.0. The number of anilines is 1. The molecule has 2 rings (SSSR count). The maximum absolute atomic E-state index is 13.1. The molecule has 6 heteroatoms. The summed E-state index contributed by atoms with van der Waals surface area (Å²) in [5, 5.41) is 4.37. The molecule has 0 spiro atoms. The highest BCUT2D eigenvalue weighted by Crippen LogP contribution is 2.26. The number of thiophene rings is 1. The van der Waals surface area contributed by atoms with Crippen molar-refractivity contribution in [2.75, 3.05) is 12.4 Å². The number of benzene rings is 1. The second-order valence-corrected chi connectivity index (χ2v) is 5.19. The number of carbonyl (C=O) groups is 1. The second kappa shape index (κ2) is 5.49. The van der Waals surface area contributed by atoms with Crippen LogP contribution in [0.15, 0.2) is 34.1 Å². The summed E-state index contributed by atoms with van der Waals surface area (Å²) in [7, 11) is 1.53. The predicted molar refractivity (Wildman–Crippen MR) is 72.9 cm³/mol. The highest BCUT2D eigenvalue weighted by Gasteiger charge is 2.11. The van der Waals surface area contributed by atoms with E-state index in [1.807, 2.05) is 0 Å². The van der Waals surface area contributed by atoms with Gasteiger partial charge in [0.05, 0.1) is 17.7 Å². The van der Waals surface area contributed by atoms with Crippen LogP contribution in [0.1, 0.15) is 9.67 Å². The Morgan fingerprint density at radius 3 is 2.89 bits per heavy atom. The number of hydrogen-bond acceptors (Lipinski definition) is 3. The van der Waals surface area contributed by atoms with Gasteiger partial charge in [0.2, 0.25) is 0 Å². The molecule has 0 bridgehead atoms. The van der Waals surface area contributed by atoms with E-state index in [0.717, 1.165) is 0 Å². The van der Waals surface area contributed by atoms with Gasteiger partial charge >= 0.3 is 0 Å². The second-order valence-electron chi connectivity index (χ2n) is 3.43. The van der Waals surface area contributed by atoms with Crippen molar-refractivity contribution in [3.63, 3.8) is 0 Å². The van der Waals surface area contributed by atoms with Crippen LogP contribution in [0.25, 0.3) is 0 Å². The quantitative estimate of drug-likeness (QED) is 0.927. The van der Waals surface area contributed by atoms with Gasteiger partial charge in [0.25, 0.3) is 5.91 Å². The normalized spacial score (nSPS) is 10.2. The number of ether oxygens (including phenoxy) is 1. The maximum atomic E-state index is 13.1. The number of methoxy groups -OCH3 is 1. The molecular weight excluding hydrogens is 321 g/mol. The molecule has 1 amide bonds. The minimum absolute atomic E-state index is 0.297. The van der Waals surface area contributed by atoms with E-state index in [2.05, 4.69) is 21.2 Å². The first-order valence-electron chi connectivity index (χ1n) is 4.99. The standard InChI is InChI=1S/C12H9BrFNO2S/c1-17-8-5-11(18-6-8)12(16)15-10-4-7(14)2-3-9(10)13/h2-6H,1H3,(H,15,16). The molecule has 0 fully saturated rings. The van der Waals surface area contributed by atoms with Gasteiger partial charge in [0, 0.05) is 15.9 Å². The average Bonchev–Trinajstić information content (AvgIpc) is 2.82. The van der Waals surface area contributed by atoms with Gasteiger partial charge in [-0.1, -0.05) is 0 Å². The molecule has 0 saturated carbocycles. The van der Waals surface area contributed by atoms with Crippen molar-refractivity contribution >= 4 is 38.9 Å². The van der Waals surface area contributed by atoms with Crippen LogP contribution >= 0.6 is 27.3 Å². The Morgan fingerprint density at radius 1 is 1.44 bits per heavy atom. The summed E-state index contributed by atoms with van der Waals surface area (Å²) in [6, 6.07) is 5.74. The third-order valence-electron chi connectivity index (χ3n) is 2.21. The molecule has 1 N–H and O–H groups in total. The molecule has 18 heavy (non-hydrogen) atoms. The first-order valence-corrected chi connectivity index (χ1v) is 6.66. The predicted octanol–water partition coefficient (Wildman–Crippen LogP) is 3.91. The van der Waals surface area contributed by atoms with Crippen LogP contribution in [0, 0.1) is 5.82 Å². The Morgan fingerprint density at radius 2 is 2.22 bits per heavy atom. The SMILES string of the molecule is COc1csc(C(=O)Nc2cc(F)ccc2Br)c1. The van der Waals surface area contributed by atoms with Crippen molar-refractivity contribution in [2.45, 2.75) is 0 Å².